The zero-order valence-electron chi connectivity index (χ0n) is 14.6. The van der Waals surface area contributed by atoms with E-state index < -0.39 is 0 Å². The Morgan fingerprint density at radius 2 is 1.85 bits per heavy atom. The Bertz CT molecular complexity index is 945. The number of methoxy groups -OCH3 is 2. The Labute approximate surface area is 150 Å². The molecule has 0 bridgehead atoms. The number of hydrogen-bond donors (Lipinski definition) is 3. The molecule has 1 aromatic heterocycles. The summed E-state index contributed by atoms with van der Waals surface area (Å²) in [5, 5.41) is 5.67. The predicted octanol–water partition coefficient (Wildman–Crippen LogP) is 4.10. The summed E-state index contributed by atoms with van der Waals surface area (Å²) in [5.74, 6) is 2.87. The number of benzene rings is 2. The maximum atomic E-state index is 12.4. The lowest BCUT2D eigenvalue weighted by molar-refractivity contribution is 0.262. The smallest absolute Gasteiger partial charge is 0.323 e. The normalized spacial score (nSPS) is 13.5. The number of fused-ring (bicyclic) bond motifs is 1. The van der Waals surface area contributed by atoms with Gasteiger partial charge in [0, 0.05) is 11.6 Å². The number of anilines is 2. The van der Waals surface area contributed by atoms with E-state index in [2.05, 4.69) is 20.6 Å². The van der Waals surface area contributed by atoms with Crippen LogP contribution in [0.3, 0.4) is 0 Å². The average Bonchev–Trinajstić information content (AvgIpc) is 3.41. The van der Waals surface area contributed by atoms with Crippen molar-refractivity contribution in [2.75, 3.05) is 24.9 Å². The summed E-state index contributed by atoms with van der Waals surface area (Å²) in [4.78, 5) is 20.4. The Balaban J connectivity index is 1.56. The van der Waals surface area contributed by atoms with E-state index >= 15 is 0 Å². The van der Waals surface area contributed by atoms with Crippen molar-refractivity contribution < 1.29 is 14.3 Å². The summed E-state index contributed by atoms with van der Waals surface area (Å²) in [7, 11) is 3.22. The number of rotatable bonds is 5. The predicted molar refractivity (Wildman–Crippen MR) is 100 cm³/mol. The molecule has 1 fully saturated rings. The fraction of sp³-hybridized carbons (Fsp3) is 0.263. The van der Waals surface area contributed by atoms with Crippen LogP contribution in [0.2, 0.25) is 0 Å². The maximum Gasteiger partial charge on any atom is 0.323 e. The average molecular weight is 352 g/mol. The highest BCUT2D eigenvalue weighted by Gasteiger charge is 2.28. The fourth-order valence-electron chi connectivity index (χ4n) is 2.87. The molecule has 0 radical (unpaired) electrons. The number of carbonyl (C=O) groups is 1. The fourth-order valence-corrected chi connectivity index (χ4v) is 2.87. The van der Waals surface area contributed by atoms with Crippen LogP contribution in [-0.4, -0.2) is 30.2 Å². The number of carbonyl (C=O) groups excluding carboxylic acids is 1. The summed E-state index contributed by atoms with van der Waals surface area (Å²) in [6.07, 6.45) is 2.28. The van der Waals surface area contributed by atoms with Gasteiger partial charge in [-0.15, -0.1) is 0 Å². The SMILES string of the molecule is COc1ccc(NC(=O)Nc2ccc(OC)c3[nH]c(C4CC4)nc23)cc1. The highest BCUT2D eigenvalue weighted by molar-refractivity contribution is 6.05. The molecule has 0 saturated heterocycles. The summed E-state index contributed by atoms with van der Waals surface area (Å²) < 4.78 is 10.5. The highest BCUT2D eigenvalue weighted by atomic mass is 16.5. The van der Waals surface area contributed by atoms with Gasteiger partial charge in [-0.3, -0.25) is 0 Å². The van der Waals surface area contributed by atoms with Gasteiger partial charge in [0.25, 0.3) is 0 Å². The third-order valence-corrected chi connectivity index (χ3v) is 4.41. The Kier molecular flexibility index (Phi) is 4.12. The van der Waals surface area contributed by atoms with Crippen LogP contribution in [0.15, 0.2) is 36.4 Å². The van der Waals surface area contributed by atoms with Crippen LogP contribution < -0.4 is 20.1 Å². The molecule has 0 aliphatic heterocycles. The highest BCUT2D eigenvalue weighted by Crippen LogP contribution is 2.41. The number of amides is 2. The molecule has 1 aliphatic rings. The van der Waals surface area contributed by atoms with Gasteiger partial charge in [-0.25, -0.2) is 9.78 Å². The molecule has 0 unspecified atom stereocenters. The Morgan fingerprint density at radius 3 is 2.50 bits per heavy atom. The number of aromatic nitrogens is 2. The minimum Gasteiger partial charge on any atom is -0.497 e. The molecule has 0 spiro atoms. The van der Waals surface area contributed by atoms with Crippen LogP contribution >= 0.6 is 0 Å². The number of aromatic amines is 1. The van der Waals surface area contributed by atoms with Gasteiger partial charge in [0.2, 0.25) is 0 Å². The van der Waals surface area contributed by atoms with E-state index in [0.717, 1.165) is 29.9 Å². The number of ether oxygens (including phenoxy) is 2. The van der Waals surface area contributed by atoms with Crippen LogP contribution in [0.1, 0.15) is 24.6 Å². The first-order valence-corrected chi connectivity index (χ1v) is 8.46. The zero-order valence-corrected chi connectivity index (χ0v) is 14.6. The van der Waals surface area contributed by atoms with Crippen molar-refractivity contribution in [3.63, 3.8) is 0 Å². The van der Waals surface area contributed by atoms with Gasteiger partial charge in [-0.1, -0.05) is 0 Å². The van der Waals surface area contributed by atoms with Gasteiger partial charge in [0.15, 0.2) is 0 Å². The van der Waals surface area contributed by atoms with Crippen molar-refractivity contribution in [1.82, 2.24) is 9.97 Å². The van der Waals surface area contributed by atoms with Gasteiger partial charge >= 0.3 is 6.03 Å². The van der Waals surface area contributed by atoms with Crippen molar-refractivity contribution >= 4 is 28.4 Å². The molecule has 4 rings (SSSR count). The van der Waals surface area contributed by atoms with Crippen LogP contribution in [0.4, 0.5) is 16.2 Å². The van der Waals surface area contributed by atoms with Crippen LogP contribution in [0.25, 0.3) is 11.0 Å². The molecule has 2 amide bonds. The van der Waals surface area contributed by atoms with Crippen molar-refractivity contribution in [1.29, 1.82) is 0 Å². The van der Waals surface area contributed by atoms with Gasteiger partial charge in [-0.2, -0.15) is 0 Å². The second-order valence-electron chi connectivity index (χ2n) is 6.24. The lowest BCUT2D eigenvalue weighted by Crippen LogP contribution is -2.19. The molecule has 1 saturated carbocycles. The molecule has 3 N–H and O–H groups in total. The molecule has 134 valence electrons. The molecule has 26 heavy (non-hydrogen) atoms. The molecule has 1 heterocycles. The molecule has 3 aromatic rings. The van der Waals surface area contributed by atoms with Crippen molar-refractivity contribution in [3.05, 3.63) is 42.2 Å². The van der Waals surface area contributed by atoms with E-state index in [9.17, 15) is 4.79 Å². The summed E-state index contributed by atoms with van der Waals surface area (Å²) >= 11 is 0. The number of hydrogen-bond acceptors (Lipinski definition) is 4. The van der Waals surface area contributed by atoms with E-state index in [0.29, 0.717) is 28.6 Å². The van der Waals surface area contributed by atoms with Gasteiger partial charge in [0.1, 0.15) is 28.4 Å². The van der Waals surface area contributed by atoms with Crippen LogP contribution in [0, 0.1) is 0 Å². The minimum atomic E-state index is -0.336. The molecular formula is C19H20N4O3. The minimum absolute atomic E-state index is 0.336. The van der Waals surface area contributed by atoms with E-state index in [4.69, 9.17) is 9.47 Å². The van der Waals surface area contributed by atoms with Crippen LogP contribution in [0.5, 0.6) is 11.5 Å². The number of nitrogens with one attached hydrogen (secondary N) is 3. The first kappa shape index (κ1) is 16.3. The van der Waals surface area contributed by atoms with Crippen molar-refractivity contribution in [2.24, 2.45) is 0 Å². The van der Waals surface area contributed by atoms with E-state index in [1.165, 1.54) is 0 Å². The summed E-state index contributed by atoms with van der Waals surface area (Å²) in [6.45, 7) is 0. The topological polar surface area (TPSA) is 88.3 Å². The molecule has 7 heteroatoms. The third kappa shape index (κ3) is 3.15. The number of H-pyrrole nitrogens is 1. The molecule has 2 aromatic carbocycles. The second kappa shape index (κ2) is 6.59. The summed E-state index contributed by atoms with van der Waals surface area (Å²) in [6, 6.07) is 10.4. The van der Waals surface area contributed by atoms with Crippen molar-refractivity contribution in [3.8, 4) is 11.5 Å². The largest absolute Gasteiger partial charge is 0.497 e. The summed E-state index contributed by atoms with van der Waals surface area (Å²) in [5.41, 5.74) is 2.82. The zero-order chi connectivity index (χ0) is 18.1. The lowest BCUT2D eigenvalue weighted by atomic mass is 10.2. The molecular weight excluding hydrogens is 332 g/mol. The second-order valence-corrected chi connectivity index (χ2v) is 6.24. The first-order chi connectivity index (χ1) is 12.7. The standard InChI is InChI=1S/C19H20N4O3/c1-25-13-7-5-12(6-8-13)20-19(24)21-14-9-10-15(26-2)17-16(14)22-18(23-17)11-3-4-11/h5-11H,3-4H2,1-2H3,(H,22,23)(H2,20,21,24). The van der Waals surface area contributed by atoms with Gasteiger partial charge in [0.05, 0.1) is 19.9 Å². The van der Waals surface area contributed by atoms with Gasteiger partial charge in [-0.05, 0) is 49.2 Å². The Hall–Kier alpha value is -3.22. The molecule has 0 atom stereocenters. The van der Waals surface area contributed by atoms with E-state index in [-0.39, 0.29) is 6.03 Å². The number of nitrogens with zero attached hydrogens (tertiary/aromatic N) is 1. The van der Waals surface area contributed by atoms with E-state index in [1.54, 1.807) is 44.6 Å². The monoisotopic (exact) mass is 352 g/mol. The van der Waals surface area contributed by atoms with Crippen molar-refractivity contribution in [2.45, 2.75) is 18.8 Å². The van der Waals surface area contributed by atoms with E-state index in [1.807, 2.05) is 6.07 Å². The lowest BCUT2D eigenvalue weighted by Gasteiger charge is -2.10. The molecule has 1 aliphatic carbocycles. The van der Waals surface area contributed by atoms with Gasteiger partial charge < -0.3 is 25.1 Å². The number of imidazole rings is 1. The van der Waals surface area contributed by atoms with Crippen LogP contribution in [-0.2, 0) is 0 Å². The number of urea groups is 1. The molecule has 7 nitrogen and oxygen atoms in total. The Morgan fingerprint density at radius 1 is 1.08 bits per heavy atom. The maximum absolute atomic E-state index is 12.4. The third-order valence-electron chi connectivity index (χ3n) is 4.41. The first-order valence-electron chi connectivity index (χ1n) is 8.46. The quantitative estimate of drug-likeness (QED) is 0.645.